The third-order valence-electron chi connectivity index (χ3n) is 3.33. The van der Waals surface area contributed by atoms with Crippen molar-refractivity contribution in [1.29, 1.82) is 0 Å². The van der Waals surface area contributed by atoms with E-state index in [1.165, 1.54) is 12.4 Å². The van der Waals surface area contributed by atoms with E-state index in [1.807, 2.05) is 24.3 Å². The van der Waals surface area contributed by atoms with E-state index >= 15 is 0 Å². The van der Waals surface area contributed by atoms with Gasteiger partial charge in [-0.05, 0) is 12.1 Å². The number of rotatable bonds is 1. The molecule has 2 heterocycles. The summed E-state index contributed by atoms with van der Waals surface area (Å²) >= 11 is 6.19. The Bertz CT molecular complexity index is 593. The van der Waals surface area contributed by atoms with Crippen LogP contribution in [0.2, 0.25) is 5.02 Å². The van der Waals surface area contributed by atoms with E-state index in [2.05, 4.69) is 15.1 Å². The minimum atomic E-state index is -0.186. The molecule has 1 fully saturated rings. The molecule has 0 N–H and O–H groups in total. The van der Waals surface area contributed by atoms with Gasteiger partial charge in [-0.3, -0.25) is 0 Å². The van der Waals surface area contributed by atoms with Crippen LogP contribution >= 0.6 is 11.6 Å². The number of carbonyl (C=O) groups excluding carboxylic acids is 1. The van der Waals surface area contributed by atoms with Gasteiger partial charge in [-0.2, -0.15) is 10.2 Å². The first-order valence-electron chi connectivity index (χ1n) is 6.41. The highest BCUT2D eigenvalue weighted by Gasteiger charge is 2.23. The smallest absolute Gasteiger partial charge is 0.362 e. The van der Waals surface area contributed by atoms with Crippen LogP contribution in [0, 0.1) is 0 Å². The van der Waals surface area contributed by atoms with Crippen molar-refractivity contribution in [2.24, 2.45) is 0 Å². The minimum Gasteiger partial charge on any atom is -0.367 e. The predicted molar refractivity (Wildman–Crippen MR) is 76.1 cm³/mol. The van der Waals surface area contributed by atoms with Crippen LogP contribution in [-0.2, 0) is 0 Å². The van der Waals surface area contributed by atoms with E-state index in [0.29, 0.717) is 13.1 Å². The lowest BCUT2D eigenvalue weighted by molar-refractivity contribution is 0.189. The van der Waals surface area contributed by atoms with Crippen molar-refractivity contribution in [2.45, 2.75) is 0 Å². The number of amides is 1. The molecule has 1 saturated heterocycles. The summed E-state index contributed by atoms with van der Waals surface area (Å²) in [5.74, 6) is 0. The molecule has 0 bridgehead atoms. The number of anilines is 1. The van der Waals surface area contributed by atoms with Crippen LogP contribution in [0.3, 0.4) is 0 Å². The van der Waals surface area contributed by atoms with Crippen molar-refractivity contribution in [2.75, 3.05) is 31.1 Å². The Morgan fingerprint density at radius 2 is 1.70 bits per heavy atom. The Hall–Kier alpha value is -2.08. The standard InChI is InChI=1S/C13H14ClN5O/c14-11-3-1-2-4-12(11)17-7-9-18(10-8-17)13(20)19-15-5-6-16-19/h1-6H,7-10H2. The summed E-state index contributed by atoms with van der Waals surface area (Å²) in [7, 11) is 0. The molecule has 7 heteroatoms. The van der Waals surface area contributed by atoms with Crippen LogP contribution in [0.25, 0.3) is 0 Å². The van der Waals surface area contributed by atoms with E-state index in [1.54, 1.807) is 4.90 Å². The average Bonchev–Trinajstić information content (AvgIpc) is 3.01. The molecule has 1 aromatic heterocycles. The third-order valence-corrected chi connectivity index (χ3v) is 3.65. The number of benzene rings is 1. The molecule has 0 aliphatic carbocycles. The lowest BCUT2D eigenvalue weighted by Gasteiger charge is -2.35. The van der Waals surface area contributed by atoms with Gasteiger partial charge in [0, 0.05) is 26.2 Å². The molecule has 1 aromatic carbocycles. The number of halogens is 1. The van der Waals surface area contributed by atoms with Gasteiger partial charge in [-0.15, -0.1) is 0 Å². The van der Waals surface area contributed by atoms with Crippen LogP contribution in [-0.4, -0.2) is 52.1 Å². The predicted octanol–water partition coefficient (Wildman–Crippen LogP) is 1.72. The van der Waals surface area contributed by atoms with E-state index in [-0.39, 0.29) is 6.03 Å². The Morgan fingerprint density at radius 3 is 2.35 bits per heavy atom. The van der Waals surface area contributed by atoms with Gasteiger partial charge in [-0.1, -0.05) is 28.5 Å². The minimum absolute atomic E-state index is 0.186. The quantitative estimate of drug-likeness (QED) is 0.803. The first-order valence-corrected chi connectivity index (χ1v) is 6.78. The molecule has 0 unspecified atom stereocenters. The van der Waals surface area contributed by atoms with Crippen LogP contribution in [0.1, 0.15) is 0 Å². The van der Waals surface area contributed by atoms with Crippen molar-refractivity contribution in [3.8, 4) is 0 Å². The summed E-state index contributed by atoms with van der Waals surface area (Å²) in [5, 5.41) is 8.46. The topological polar surface area (TPSA) is 54.3 Å². The fourth-order valence-corrected chi connectivity index (χ4v) is 2.54. The normalized spacial score (nSPS) is 15.4. The Morgan fingerprint density at radius 1 is 1.05 bits per heavy atom. The van der Waals surface area contributed by atoms with Crippen molar-refractivity contribution in [3.63, 3.8) is 0 Å². The summed E-state index contributed by atoms with van der Waals surface area (Å²) in [6.45, 7) is 2.75. The molecular formula is C13H14ClN5O. The molecule has 1 amide bonds. The largest absolute Gasteiger partial charge is 0.367 e. The van der Waals surface area contributed by atoms with Gasteiger partial charge in [-0.25, -0.2) is 4.79 Å². The van der Waals surface area contributed by atoms with Gasteiger partial charge in [0.05, 0.1) is 23.1 Å². The molecule has 0 atom stereocenters. The van der Waals surface area contributed by atoms with E-state index in [0.717, 1.165) is 28.6 Å². The molecule has 1 aliphatic rings. The number of piperazine rings is 1. The second kappa shape index (κ2) is 5.50. The van der Waals surface area contributed by atoms with Gasteiger partial charge >= 0.3 is 6.03 Å². The molecule has 0 saturated carbocycles. The lowest BCUT2D eigenvalue weighted by Crippen LogP contribution is -2.50. The SMILES string of the molecule is O=C(N1CCN(c2ccccc2Cl)CC1)n1nccn1. The van der Waals surface area contributed by atoms with E-state index in [9.17, 15) is 4.79 Å². The van der Waals surface area contributed by atoms with Crippen LogP contribution in [0.4, 0.5) is 10.5 Å². The summed E-state index contributed by atoms with van der Waals surface area (Å²) in [6, 6.07) is 7.56. The molecule has 20 heavy (non-hydrogen) atoms. The first kappa shape index (κ1) is 12.9. The molecular weight excluding hydrogens is 278 g/mol. The van der Waals surface area contributed by atoms with Crippen molar-refractivity contribution in [1.82, 2.24) is 19.9 Å². The summed E-state index contributed by atoms with van der Waals surface area (Å²) in [5.41, 5.74) is 1.01. The molecule has 0 spiro atoms. The first-order chi connectivity index (χ1) is 9.75. The highest BCUT2D eigenvalue weighted by atomic mass is 35.5. The second-order valence-electron chi connectivity index (χ2n) is 4.53. The molecule has 0 radical (unpaired) electrons. The highest BCUT2D eigenvalue weighted by Crippen LogP contribution is 2.25. The second-order valence-corrected chi connectivity index (χ2v) is 4.93. The number of para-hydroxylation sites is 1. The maximum Gasteiger partial charge on any atom is 0.362 e. The van der Waals surface area contributed by atoms with Gasteiger partial charge in [0.1, 0.15) is 0 Å². The number of aromatic nitrogens is 3. The summed E-state index contributed by atoms with van der Waals surface area (Å²) < 4.78 is 0. The van der Waals surface area contributed by atoms with E-state index in [4.69, 9.17) is 11.6 Å². The van der Waals surface area contributed by atoms with Crippen LogP contribution in [0.5, 0.6) is 0 Å². The van der Waals surface area contributed by atoms with Crippen LogP contribution < -0.4 is 4.90 Å². The third kappa shape index (κ3) is 2.46. The van der Waals surface area contributed by atoms with Gasteiger partial charge in [0.15, 0.2) is 0 Å². The van der Waals surface area contributed by atoms with Gasteiger partial charge in [0.25, 0.3) is 0 Å². The molecule has 1 aliphatic heterocycles. The Kier molecular flexibility index (Phi) is 3.56. The number of hydrogen-bond acceptors (Lipinski definition) is 4. The van der Waals surface area contributed by atoms with Crippen LogP contribution in [0.15, 0.2) is 36.7 Å². The van der Waals surface area contributed by atoms with Gasteiger partial charge < -0.3 is 9.80 Å². The van der Waals surface area contributed by atoms with Crippen molar-refractivity contribution in [3.05, 3.63) is 41.7 Å². The fraction of sp³-hybridized carbons (Fsp3) is 0.308. The molecule has 6 nitrogen and oxygen atoms in total. The molecule has 104 valence electrons. The zero-order valence-corrected chi connectivity index (χ0v) is 11.6. The zero-order chi connectivity index (χ0) is 13.9. The maximum atomic E-state index is 12.1. The Balaban J connectivity index is 1.65. The fourth-order valence-electron chi connectivity index (χ4n) is 2.29. The molecule has 2 aromatic rings. The van der Waals surface area contributed by atoms with Gasteiger partial charge in [0.2, 0.25) is 0 Å². The van der Waals surface area contributed by atoms with E-state index < -0.39 is 0 Å². The summed E-state index contributed by atoms with van der Waals surface area (Å²) in [4.78, 5) is 17.1. The average molecular weight is 292 g/mol. The molecule has 3 rings (SSSR count). The summed E-state index contributed by atoms with van der Waals surface area (Å²) in [6.07, 6.45) is 3.00. The lowest BCUT2D eigenvalue weighted by atomic mass is 10.2. The highest BCUT2D eigenvalue weighted by molar-refractivity contribution is 6.33. The number of nitrogens with zero attached hydrogens (tertiary/aromatic N) is 5. The van der Waals surface area contributed by atoms with Crippen molar-refractivity contribution < 1.29 is 4.79 Å². The monoisotopic (exact) mass is 291 g/mol. The zero-order valence-electron chi connectivity index (χ0n) is 10.8. The Labute approximate surface area is 121 Å². The van der Waals surface area contributed by atoms with Crippen molar-refractivity contribution >= 4 is 23.3 Å². The number of carbonyl (C=O) groups is 1. The number of hydrogen-bond donors (Lipinski definition) is 0. The maximum absolute atomic E-state index is 12.1.